The highest BCUT2D eigenvalue weighted by Crippen LogP contribution is 2.43. The molecule has 0 aliphatic rings. The number of hydroxylamine groups is 1. The van der Waals surface area contributed by atoms with E-state index in [1.165, 1.54) is 28.4 Å². The predicted molar refractivity (Wildman–Crippen MR) is 131 cm³/mol. The average Bonchev–Trinajstić information content (AvgIpc) is 3.33. The summed E-state index contributed by atoms with van der Waals surface area (Å²) in [6.45, 7) is 0.0879. The lowest BCUT2D eigenvalue weighted by atomic mass is 10.0. The zero-order valence-electron chi connectivity index (χ0n) is 19.7. The van der Waals surface area contributed by atoms with Crippen LogP contribution in [-0.4, -0.2) is 52.1 Å². The Bertz CT molecular complexity index is 1140. The number of aromatic nitrogens is 1. The fraction of sp³-hybridized carbons (Fsp3) is 0.261. The largest absolute Gasteiger partial charge is 0.493 e. The molecule has 0 saturated heterocycles. The Labute approximate surface area is 208 Å². The van der Waals surface area contributed by atoms with Crippen molar-refractivity contribution in [1.82, 2.24) is 10.5 Å². The van der Waals surface area contributed by atoms with Gasteiger partial charge in [0, 0.05) is 24.1 Å². The quantitative estimate of drug-likeness (QED) is 0.399. The minimum Gasteiger partial charge on any atom is -0.493 e. The van der Waals surface area contributed by atoms with Crippen LogP contribution in [0.5, 0.6) is 17.2 Å². The number of rotatable bonds is 10. The second-order valence-corrected chi connectivity index (χ2v) is 6.96. The molecule has 0 aliphatic heterocycles. The van der Waals surface area contributed by atoms with Crippen LogP contribution in [-0.2, 0) is 9.63 Å². The van der Waals surface area contributed by atoms with Crippen molar-refractivity contribution in [2.24, 2.45) is 5.73 Å². The highest BCUT2D eigenvalue weighted by molar-refractivity contribution is 5.91. The van der Waals surface area contributed by atoms with E-state index in [0.717, 1.165) is 10.6 Å². The number of hydrogen-bond acceptors (Lipinski definition) is 8. The number of nitrogens with two attached hydrogens (primary N) is 1. The van der Waals surface area contributed by atoms with E-state index in [1.54, 1.807) is 36.5 Å². The van der Waals surface area contributed by atoms with Gasteiger partial charge in [0.25, 0.3) is 0 Å². The smallest absolute Gasteiger partial charge is 0.346 e. The third kappa shape index (κ3) is 6.14. The molecule has 0 saturated carbocycles. The van der Waals surface area contributed by atoms with E-state index in [9.17, 15) is 9.59 Å². The van der Waals surface area contributed by atoms with Crippen LogP contribution in [0.4, 0.5) is 10.5 Å². The molecule has 35 heavy (non-hydrogen) atoms. The van der Waals surface area contributed by atoms with Gasteiger partial charge < -0.3 is 29.8 Å². The predicted octanol–water partition coefficient (Wildman–Crippen LogP) is 3.41. The molecule has 1 heterocycles. The van der Waals surface area contributed by atoms with E-state index >= 15 is 0 Å². The highest BCUT2D eigenvalue weighted by atomic mass is 35.5. The minimum atomic E-state index is -0.545. The number of benzene rings is 2. The van der Waals surface area contributed by atoms with Crippen LogP contribution >= 0.6 is 12.4 Å². The molecule has 0 radical (unpaired) electrons. The van der Waals surface area contributed by atoms with E-state index in [2.05, 4.69) is 10.5 Å². The maximum Gasteiger partial charge on any atom is 0.346 e. The van der Waals surface area contributed by atoms with Crippen LogP contribution in [0, 0.1) is 0 Å². The molecule has 12 heteroatoms. The highest BCUT2D eigenvalue weighted by Gasteiger charge is 2.21. The van der Waals surface area contributed by atoms with E-state index in [0.29, 0.717) is 39.8 Å². The molecule has 0 atom stereocenters. The molecule has 188 valence electrons. The molecule has 0 aliphatic carbocycles. The number of carbonyl (C=O) groups is 2. The summed E-state index contributed by atoms with van der Waals surface area (Å²) in [6, 6.07) is 10.0. The molecule has 3 rings (SSSR count). The third-order valence-corrected chi connectivity index (χ3v) is 4.90. The molecule has 0 bridgehead atoms. The zero-order chi connectivity index (χ0) is 24.7. The first-order valence-electron chi connectivity index (χ1n) is 10.2. The fourth-order valence-corrected chi connectivity index (χ4v) is 3.34. The number of methoxy groups -OCH3 is 3. The van der Waals surface area contributed by atoms with Crippen molar-refractivity contribution in [3.8, 4) is 39.7 Å². The van der Waals surface area contributed by atoms with Gasteiger partial charge in [-0.15, -0.1) is 12.4 Å². The average molecular weight is 507 g/mol. The number of anilines is 1. The van der Waals surface area contributed by atoms with E-state index in [-0.39, 0.29) is 25.4 Å². The Hall–Kier alpha value is -3.96. The summed E-state index contributed by atoms with van der Waals surface area (Å²) in [6.07, 6.45) is 1.59. The minimum absolute atomic E-state index is 0. The molecule has 0 fully saturated rings. The lowest BCUT2D eigenvalue weighted by Crippen LogP contribution is -2.40. The van der Waals surface area contributed by atoms with E-state index in [4.69, 9.17) is 29.3 Å². The molecule has 2 aromatic carbocycles. The zero-order valence-corrected chi connectivity index (χ0v) is 20.5. The van der Waals surface area contributed by atoms with Gasteiger partial charge in [0.2, 0.25) is 11.7 Å². The number of nitrogens with one attached hydrogen (secondary N) is 1. The summed E-state index contributed by atoms with van der Waals surface area (Å²) in [7, 11) is 5.94. The van der Waals surface area contributed by atoms with Crippen molar-refractivity contribution in [3.63, 3.8) is 0 Å². The summed E-state index contributed by atoms with van der Waals surface area (Å²) in [5.41, 5.74) is 7.60. The number of urea groups is 1. The first-order valence-corrected chi connectivity index (χ1v) is 10.2. The molecule has 11 nitrogen and oxygen atoms in total. The number of primary amides is 1. The molecular formula is C23H27ClN4O7. The first kappa shape index (κ1) is 27.3. The van der Waals surface area contributed by atoms with Crippen LogP contribution in [0.2, 0.25) is 0 Å². The molecular weight excluding hydrogens is 480 g/mol. The second-order valence-electron chi connectivity index (χ2n) is 6.96. The van der Waals surface area contributed by atoms with Gasteiger partial charge in [-0.2, -0.15) is 5.06 Å². The lowest BCUT2D eigenvalue weighted by Gasteiger charge is -2.20. The molecule has 3 aromatic rings. The van der Waals surface area contributed by atoms with Gasteiger partial charge in [-0.25, -0.2) is 4.79 Å². The number of ether oxygens (including phenoxy) is 3. The van der Waals surface area contributed by atoms with Crippen LogP contribution in [0.25, 0.3) is 22.5 Å². The molecule has 0 spiro atoms. The Morgan fingerprint density at radius 1 is 1.03 bits per heavy atom. The molecule has 3 N–H and O–H groups in total. The standard InChI is InChI=1S/C23H26N4O7.ClH/c1-30-18-11-15(12-19(31-2)22(18)32-3)21-17(13-26-34-21)14-6-5-7-16(10-14)27(33-4)23(29)25-9-8-20(24)28;/h5-7,10-13H,8-9H2,1-4H3,(H2,24,28)(H,25,29);1H. The van der Waals surface area contributed by atoms with E-state index < -0.39 is 11.9 Å². The number of carbonyl (C=O) groups excluding carboxylic acids is 2. The second kappa shape index (κ2) is 12.5. The van der Waals surface area contributed by atoms with Gasteiger partial charge in [0.1, 0.15) is 0 Å². The van der Waals surface area contributed by atoms with E-state index in [1.807, 2.05) is 6.07 Å². The van der Waals surface area contributed by atoms with Crippen LogP contribution < -0.4 is 30.3 Å². The normalized spacial score (nSPS) is 10.2. The summed E-state index contributed by atoms with van der Waals surface area (Å²) >= 11 is 0. The molecule has 3 amide bonds. The Morgan fingerprint density at radius 3 is 2.29 bits per heavy atom. The maximum absolute atomic E-state index is 12.5. The van der Waals surface area contributed by atoms with Gasteiger partial charge >= 0.3 is 6.03 Å². The summed E-state index contributed by atoms with van der Waals surface area (Å²) in [4.78, 5) is 28.7. The molecule has 1 aromatic heterocycles. The first-order chi connectivity index (χ1) is 16.4. The number of nitrogens with zero attached hydrogens (tertiary/aromatic N) is 2. The van der Waals surface area contributed by atoms with Crippen LogP contribution in [0.1, 0.15) is 6.42 Å². The monoisotopic (exact) mass is 506 g/mol. The topological polar surface area (TPSA) is 138 Å². The third-order valence-electron chi connectivity index (χ3n) is 4.90. The Morgan fingerprint density at radius 2 is 1.71 bits per heavy atom. The number of hydrogen-bond donors (Lipinski definition) is 2. The van der Waals surface area contributed by atoms with Crippen molar-refractivity contribution < 1.29 is 33.2 Å². The van der Waals surface area contributed by atoms with Crippen LogP contribution in [0.15, 0.2) is 47.1 Å². The summed E-state index contributed by atoms with van der Waals surface area (Å²) in [5, 5.41) is 7.61. The van der Waals surface area contributed by atoms with Gasteiger partial charge in [0.05, 0.1) is 40.3 Å². The summed E-state index contributed by atoms with van der Waals surface area (Å²) < 4.78 is 21.8. The maximum atomic E-state index is 12.5. The molecule has 0 unspecified atom stereocenters. The Balaban J connectivity index is 0.00000432. The van der Waals surface area contributed by atoms with Gasteiger partial charge in [0.15, 0.2) is 17.3 Å². The fourth-order valence-electron chi connectivity index (χ4n) is 3.34. The van der Waals surface area contributed by atoms with Crippen molar-refractivity contribution in [2.45, 2.75) is 6.42 Å². The van der Waals surface area contributed by atoms with Crippen molar-refractivity contribution in [1.29, 1.82) is 0 Å². The van der Waals surface area contributed by atoms with Crippen molar-refractivity contribution in [3.05, 3.63) is 42.6 Å². The van der Waals surface area contributed by atoms with Crippen molar-refractivity contribution >= 4 is 30.0 Å². The van der Waals surface area contributed by atoms with Gasteiger partial charge in [-0.1, -0.05) is 17.3 Å². The van der Waals surface area contributed by atoms with Gasteiger partial charge in [-0.3, -0.25) is 9.63 Å². The Kier molecular flexibility index (Phi) is 9.74. The SMILES string of the molecule is COc1cc(-c2oncc2-c2cccc(N(OC)C(=O)NCCC(N)=O)c2)cc(OC)c1OC.Cl. The number of halogens is 1. The lowest BCUT2D eigenvalue weighted by molar-refractivity contribution is -0.117. The van der Waals surface area contributed by atoms with Crippen LogP contribution in [0.3, 0.4) is 0 Å². The number of amides is 3. The summed E-state index contributed by atoms with van der Waals surface area (Å²) in [5.74, 6) is 1.33. The van der Waals surface area contributed by atoms with Crippen molar-refractivity contribution in [2.75, 3.05) is 40.0 Å². The van der Waals surface area contributed by atoms with Gasteiger partial charge in [-0.05, 0) is 29.8 Å².